The van der Waals surface area contributed by atoms with Gasteiger partial charge >= 0.3 is 0 Å². The lowest BCUT2D eigenvalue weighted by molar-refractivity contribution is 0.595. The van der Waals surface area contributed by atoms with Gasteiger partial charge in [-0.15, -0.1) is 5.10 Å². The minimum atomic E-state index is 0.0416. The average molecular weight is 360 g/mol. The molecule has 90 valence electrons. The second-order valence-electron chi connectivity index (χ2n) is 3.63. The Hall–Kier alpha value is -0.720. The van der Waals surface area contributed by atoms with Crippen molar-refractivity contribution >= 4 is 31.9 Å². The third kappa shape index (κ3) is 2.43. The number of aromatic nitrogens is 3. The van der Waals surface area contributed by atoms with Crippen molar-refractivity contribution in [2.45, 2.75) is 6.04 Å². The van der Waals surface area contributed by atoms with E-state index in [4.69, 9.17) is 0 Å². The summed E-state index contributed by atoms with van der Waals surface area (Å²) in [7, 11) is 3.80. The fourth-order valence-electron chi connectivity index (χ4n) is 1.79. The van der Waals surface area contributed by atoms with E-state index in [2.05, 4.69) is 53.6 Å². The van der Waals surface area contributed by atoms with Crippen LogP contribution in [0.2, 0.25) is 0 Å². The molecule has 1 aromatic heterocycles. The zero-order valence-electron chi connectivity index (χ0n) is 9.48. The van der Waals surface area contributed by atoms with E-state index in [9.17, 15) is 0 Å². The molecule has 17 heavy (non-hydrogen) atoms. The molecular weight excluding hydrogens is 348 g/mol. The van der Waals surface area contributed by atoms with Crippen molar-refractivity contribution in [3.8, 4) is 0 Å². The molecule has 0 amide bonds. The lowest BCUT2D eigenvalue weighted by Gasteiger charge is -2.18. The van der Waals surface area contributed by atoms with Crippen LogP contribution in [0.1, 0.15) is 17.3 Å². The summed E-state index contributed by atoms with van der Waals surface area (Å²) in [5, 5.41) is 11.3. The van der Waals surface area contributed by atoms with E-state index < -0.39 is 0 Å². The molecule has 1 unspecified atom stereocenters. The topological polar surface area (TPSA) is 42.7 Å². The van der Waals surface area contributed by atoms with Crippen molar-refractivity contribution in [3.05, 3.63) is 44.6 Å². The first kappa shape index (κ1) is 12.7. The average Bonchev–Trinajstić information content (AvgIpc) is 2.64. The summed E-state index contributed by atoms with van der Waals surface area (Å²) in [5.41, 5.74) is 2.15. The molecule has 0 bridgehead atoms. The Kier molecular flexibility index (Phi) is 3.96. The van der Waals surface area contributed by atoms with Gasteiger partial charge in [0.25, 0.3) is 0 Å². The molecule has 0 spiro atoms. The molecule has 0 aliphatic carbocycles. The van der Waals surface area contributed by atoms with E-state index in [0.29, 0.717) is 0 Å². The summed E-state index contributed by atoms with van der Waals surface area (Å²) in [5.74, 6) is 0. The summed E-state index contributed by atoms with van der Waals surface area (Å²) >= 11 is 7.00. The molecule has 0 saturated heterocycles. The molecular formula is C11H12Br2N4. The molecule has 1 N–H and O–H groups in total. The summed E-state index contributed by atoms with van der Waals surface area (Å²) in [6.45, 7) is 0. The number of aryl methyl sites for hydroxylation is 1. The van der Waals surface area contributed by atoms with E-state index in [1.54, 1.807) is 4.68 Å². The molecule has 0 fully saturated rings. The molecule has 0 aliphatic heterocycles. The van der Waals surface area contributed by atoms with Crippen molar-refractivity contribution in [1.29, 1.82) is 0 Å². The third-order valence-electron chi connectivity index (χ3n) is 2.61. The maximum atomic E-state index is 4.01. The molecule has 6 heteroatoms. The third-order valence-corrected chi connectivity index (χ3v) is 3.89. The second kappa shape index (κ2) is 5.29. The Bertz CT molecular complexity index is 504. The highest BCUT2D eigenvalue weighted by molar-refractivity contribution is 9.10. The zero-order chi connectivity index (χ0) is 12.4. The number of hydrogen-bond acceptors (Lipinski definition) is 3. The van der Waals surface area contributed by atoms with Gasteiger partial charge in [0, 0.05) is 11.5 Å². The van der Waals surface area contributed by atoms with E-state index in [1.807, 2.05) is 32.3 Å². The van der Waals surface area contributed by atoms with Gasteiger partial charge in [-0.3, -0.25) is 0 Å². The number of hydrogen-bond donors (Lipinski definition) is 1. The van der Waals surface area contributed by atoms with Crippen molar-refractivity contribution in [2.24, 2.45) is 7.05 Å². The highest BCUT2D eigenvalue weighted by Gasteiger charge is 2.21. The van der Waals surface area contributed by atoms with Crippen LogP contribution >= 0.6 is 31.9 Å². The van der Waals surface area contributed by atoms with Crippen LogP contribution in [0.3, 0.4) is 0 Å². The molecule has 2 aromatic rings. The van der Waals surface area contributed by atoms with Gasteiger partial charge in [-0.05, 0) is 34.6 Å². The van der Waals surface area contributed by atoms with Crippen molar-refractivity contribution in [3.63, 3.8) is 0 Å². The summed E-state index contributed by atoms with van der Waals surface area (Å²) in [6.07, 6.45) is 0. The molecule has 0 saturated carbocycles. The number of rotatable bonds is 3. The van der Waals surface area contributed by atoms with Crippen molar-refractivity contribution in [2.75, 3.05) is 7.05 Å². The van der Waals surface area contributed by atoms with Crippen LogP contribution in [0.25, 0.3) is 0 Å². The quantitative estimate of drug-likeness (QED) is 0.916. The molecule has 1 heterocycles. The minimum Gasteiger partial charge on any atom is -0.308 e. The van der Waals surface area contributed by atoms with Crippen LogP contribution in [-0.4, -0.2) is 22.0 Å². The van der Waals surface area contributed by atoms with Crippen molar-refractivity contribution < 1.29 is 0 Å². The minimum absolute atomic E-state index is 0.0416. The van der Waals surface area contributed by atoms with Crippen LogP contribution < -0.4 is 5.32 Å². The van der Waals surface area contributed by atoms with Gasteiger partial charge in [-0.2, -0.15) is 0 Å². The van der Waals surface area contributed by atoms with Gasteiger partial charge in [-0.25, -0.2) is 4.68 Å². The van der Waals surface area contributed by atoms with E-state index in [1.165, 1.54) is 0 Å². The Morgan fingerprint density at radius 2 is 2.00 bits per heavy atom. The van der Waals surface area contributed by atoms with Gasteiger partial charge in [-0.1, -0.05) is 39.3 Å². The Labute approximate surface area is 117 Å². The number of nitrogens with one attached hydrogen (secondary N) is 1. The van der Waals surface area contributed by atoms with Crippen LogP contribution in [-0.2, 0) is 7.05 Å². The lowest BCUT2D eigenvalue weighted by Crippen LogP contribution is -2.21. The van der Waals surface area contributed by atoms with Gasteiger partial charge in [0.05, 0.1) is 11.7 Å². The van der Waals surface area contributed by atoms with E-state index in [-0.39, 0.29) is 6.04 Å². The number of halogens is 2. The van der Waals surface area contributed by atoms with E-state index in [0.717, 1.165) is 20.3 Å². The summed E-state index contributed by atoms with van der Waals surface area (Å²) < 4.78 is 3.59. The van der Waals surface area contributed by atoms with Crippen LogP contribution in [0.5, 0.6) is 0 Å². The van der Waals surface area contributed by atoms with E-state index >= 15 is 0 Å². The standard InChI is InChI=1S/C11H12Br2N4/c1-14-9(7-5-3-4-6-8(7)12)10-11(13)15-16-17(10)2/h3-6,9,14H,1-2H3. The first-order valence-corrected chi connectivity index (χ1v) is 6.70. The molecule has 4 nitrogen and oxygen atoms in total. The molecule has 2 rings (SSSR count). The predicted octanol–water partition coefficient (Wildman–Crippen LogP) is 2.65. The fraction of sp³-hybridized carbons (Fsp3) is 0.273. The smallest absolute Gasteiger partial charge is 0.153 e. The molecule has 0 radical (unpaired) electrons. The maximum absolute atomic E-state index is 4.01. The molecule has 0 aliphatic rings. The highest BCUT2D eigenvalue weighted by atomic mass is 79.9. The maximum Gasteiger partial charge on any atom is 0.153 e. The van der Waals surface area contributed by atoms with Gasteiger partial charge in [0.1, 0.15) is 0 Å². The van der Waals surface area contributed by atoms with Crippen LogP contribution in [0.4, 0.5) is 0 Å². The number of nitrogens with zero attached hydrogens (tertiary/aromatic N) is 3. The summed E-state index contributed by atoms with van der Waals surface area (Å²) in [6, 6.07) is 8.15. The van der Waals surface area contributed by atoms with Gasteiger partial charge in [0.15, 0.2) is 4.60 Å². The van der Waals surface area contributed by atoms with Gasteiger partial charge < -0.3 is 5.32 Å². The monoisotopic (exact) mass is 358 g/mol. The Morgan fingerprint density at radius 1 is 1.29 bits per heavy atom. The van der Waals surface area contributed by atoms with Crippen LogP contribution in [0, 0.1) is 0 Å². The highest BCUT2D eigenvalue weighted by Crippen LogP contribution is 2.30. The molecule has 1 atom stereocenters. The normalized spacial score (nSPS) is 12.7. The molecule has 1 aromatic carbocycles. The summed E-state index contributed by atoms with van der Waals surface area (Å²) in [4.78, 5) is 0. The predicted molar refractivity (Wildman–Crippen MR) is 73.7 cm³/mol. The fourth-order valence-corrected chi connectivity index (χ4v) is 2.86. The zero-order valence-corrected chi connectivity index (χ0v) is 12.7. The Morgan fingerprint density at radius 3 is 2.53 bits per heavy atom. The first-order valence-electron chi connectivity index (χ1n) is 5.12. The largest absolute Gasteiger partial charge is 0.308 e. The number of benzene rings is 1. The van der Waals surface area contributed by atoms with Crippen molar-refractivity contribution in [1.82, 2.24) is 20.3 Å². The second-order valence-corrected chi connectivity index (χ2v) is 5.24. The Balaban J connectivity index is 2.52. The lowest BCUT2D eigenvalue weighted by atomic mass is 10.0. The first-order chi connectivity index (χ1) is 8.15. The SMILES string of the molecule is CNC(c1ccccc1Br)c1c(Br)nnn1C. The van der Waals surface area contributed by atoms with Gasteiger partial charge in [0.2, 0.25) is 0 Å². The van der Waals surface area contributed by atoms with Crippen LogP contribution in [0.15, 0.2) is 33.3 Å².